The Kier molecular flexibility index (Phi) is 3.02. The van der Waals surface area contributed by atoms with Crippen LogP contribution in [0.2, 0.25) is 0 Å². The number of carboxylic acids is 1. The predicted molar refractivity (Wildman–Crippen MR) is 70.1 cm³/mol. The molecule has 0 radical (unpaired) electrons. The molecule has 0 spiro atoms. The van der Waals surface area contributed by atoms with Crippen LogP contribution in [0.25, 0.3) is 0 Å². The minimum absolute atomic E-state index is 0.0631. The van der Waals surface area contributed by atoms with Crippen molar-refractivity contribution in [2.24, 2.45) is 0 Å². The number of carbonyl (C=O) groups is 1. The van der Waals surface area contributed by atoms with Crippen molar-refractivity contribution in [2.75, 3.05) is 13.2 Å². The molecule has 2 aliphatic heterocycles. The number of aliphatic carboxylic acids is 1. The first-order chi connectivity index (χ1) is 9.50. The molecule has 1 N–H and O–H groups in total. The SMILES string of the molecule is O=C(O)C1C=CCN1S(=O)(=O)c1ccc2c(c1)OCC2. The topological polar surface area (TPSA) is 83.9 Å². The fraction of sp³-hybridized carbons (Fsp3) is 0.308. The van der Waals surface area contributed by atoms with Crippen molar-refractivity contribution in [3.63, 3.8) is 0 Å². The maximum atomic E-state index is 12.5. The molecule has 3 rings (SSSR count). The number of hydrogen-bond acceptors (Lipinski definition) is 4. The molecule has 0 bridgehead atoms. The highest BCUT2D eigenvalue weighted by atomic mass is 32.2. The summed E-state index contributed by atoms with van der Waals surface area (Å²) in [4.78, 5) is 11.2. The van der Waals surface area contributed by atoms with Crippen molar-refractivity contribution in [1.82, 2.24) is 4.31 Å². The van der Waals surface area contributed by atoms with Gasteiger partial charge in [-0.3, -0.25) is 4.79 Å². The Balaban J connectivity index is 1.98. The summed E-state index contributed by atoms with van der Waals surface area (Å²) in [5.41, 5.74) is 0.971. The molecule has 0 saturated carbocycles. The first kappa shape index (κ1) is 13.1. The number of nitrogens with zero attached hydrogens (tertiary/aromatic N) is 1. The van der Waals surface area contributed by atoms with Crippen LogP contribution in [-0.2, 0) is 21.2 Å². The zero-order valence-electron chi connectivity index (χ0n) is 10.5. The van der Waals surface area contributed by atoms with Crippen LogP contribution in [0.5, 0.6) is 5.75 Å². The fourth-order valence-corrected chi connectivity index (χ4v) is 3.91. The molecule has 1 unspecified atom stereocenters. The molecule has 0 aromatic heterocycles. The highest BCUT2D eigenvalue weighted by molar-refractivity contribution is 7.89. The molecule has 0 saturated heterocycles. The molecule has 0 fully saturated rings. The maximum Gasteiger partial charge on any atom is 0.326 e. The molecule has 0 aliphatic carbocycles. The highest BCUT2D eigenvalue weighted by Gasteiger charge is 2.37. The predicted octanol–water partition coefficient (Wildman–Crippen LogP) is 0.635. The van der Waals surface area contributed by atoms with Crippen molar-refractivity contribution in [3.05, 3.63) is 35.9 Å². The number of sulfonamides is 1. The van der Waals surface area contributed by atoms with E-state index in [1.54, 1.807) is 12.1 Å². The average molecular weight is 295 g/mol. The maximum absolute atomic E-state index is 12.5. The minimum atomic E-state index is -3.84. The molecule has 6 nitrogen and oxygen atoms in total. The zero-order valence-corrected chi connectivity index (χ0v) is 11.3. The smallest absolute Gasteiger partial charge is 0.326 e. The normalized spacial score (nSPS) is 21.7. The van der Waals surface area contributed by atoms with Gasteiger partial charge in [-0.25, -0.2) is 8.42 Å². The summed E-state index contributed by atoms with van der Waals surface area (Å²) in [6.45, 7) is 0.610. The van der Waals surface area contributed by atoms with E-state index < -0.39 is 22.0 Å². The summed E-state index contributed by atoms with van der Waals surface area (Å²) in [6.07, 6.45) is 3.68. The van der Waals surface area contributed by atoms with Crippen LogP contribution in [0.1, 0.15) is 5.56 Å². The van der Waals surface area contributed by atoms with Crippen LogP contribution in [0.4, 0.5) is 0 Å². The standard InChI is InChI=1S/C13H13NO5S/c15-13(16)11-2-1-6-14(11)20(17,18)10-4-3-9-5-7-19-12(9)8-10/h1-4,8,11H,5-7H2,(H,15,16). The Bertz CT molecular complexity index is 695. The molecule has 2 heterocycles. The van der Waals surface area contributed by atoms with Crippen LogP contribution in [0, 0.1) is 0 Å². The molecular weight excluding hydrogens is 282 g/mol. The van der Waals surface area contributed by atoms with Crippen molar-refractivity contribution in [3.8, 4) is 5.75 Å². The van der Waals surface area contributed by atoms with Gasteiger partial charge in [0.25, 0.3) is 0 Å². The first-order valence-corrected chi connectivity index (χ1v) is 7.61. The van der Waals surface area contributed by atoms with E-state index in [1.807, 2.05) is 0 Å². The molecule has 1 aromatic carbocycles. The van der Waals surface area contributed by atoms with Gasteiger partial charge < -0.3 is 9.84 Å². The second-order valence-corrected chi connectivity index (χ2v) is 6.54. The Morgan fingerprint density at radius 1 is 1.40 bits per heavy atom. The highest BCUT2D eigenvalue weighted by Crippen LogP contribution is 2.30. The van der Waals surface area contributed by atoms with Crippen LogP contribution >= 0.6 is 0 Å². The van der Waals surface area contributed by atoms with Gasteiger partial charge in [0, 0.05) is 19.0 Å². The fourth-order valence-electron chi connectivity index (χ4n) is 2.40. The number of fused-ring (bicyclic) bond motifs is 1. The average Bonchev–Trinajstić information content (AvgIpc) is 3.06. The monoisotopic (exact) mass is 295 g/mol. The van der Waals surface area contributed by atoms with Crippen molar-refractivity contribution < 1.29 is 23.1 Å². The summed E-state index contributed by atoms with van der Waals surface area (Å²) in [6, 6.07) is 3.54. The third-order valence-electron chi connectivity index (χ3n) is 3.44. The van der Waals surface area contributed by atoms with E-state index >= 15 is 0 Å². The second kappa shape index (κ2) is 4.60. The Morgan fingerprint density at radius 3 is 2.95 bits per heavy atom. The van der Waals surface area contributed by atoms with Gasteiger partial charge >= 0.3 is 5.97 Å². The third kappa shape index (κ3) is 1.99. The summed E-state index contributed by atoms with van der Waals surface area (Å²) in [5, 5.41) is 9.07. The van der Waals surface area contributed by atoms with Crippen LogP contribution in [0.3, 0.4) is 0 Å². The van der Waals surface area contributed by atoms with Gasteiger partial charge in [-0.15, -0.1) is 0 Å². The van der Waals surface area contributed by atoms with Gasteiger partial charge in [0.05, 0.1) is 11.5 Å². The van der Waals surface area contributed by atoms with E-state index in [4.69, 9.17) is 9.84 Å². The lowest BCUT2D eigenvalue weighted by Crippen LogP contribution is -2.40. The number of carboxylic acid groups (broad SMARTS) is 1. The van der Waals surface area contributed by atoms with Crippen molar-refractivity contribution in [1.29, 1.82) is 0 Å². The van der Waals surface area contributed by atoms with Crippen LogP contribution < -0.4 is 4.74 Å². The Labute approximate surface area is 116 Å². The van der Waals surface area contributed by atoms with Crippen LogP contribution in [-0.4, -0.2) is 43.0 Å². The molecule has 106 valence electrons. The molecule has 0 amide bonds. The van der Waals surface area contributed by atoms with Gasteiger partial charge in [0.2, 0.25) is 10.0 Å². The van der Waals surface area contributed by atoms with E-state index in [9.17, 15) is 13.2 Å². The van der Waals surface area contributed by atoms with Crippen molar-refractivity contribution in [2.45, 2.75) is 17.4 Å². The largest absolute Gasteiger partial charge is 0.493 e. The molecule has 2 aliphatic rings. The van der Waals surface area contributed by atoms with E-state index in [1.165, 1.54) is 18.2 Å². The Morgan fingerprint density at radius 2 is 2.20 bits per heavy atom. The number of rotatable bonds is 3. The van der Waals surface area contributed by atoms with Gasteiger partial charge in [-0.1, -0.05) is 18.2 Å². The lowest BCUT2D eigenvalue weighted by Gasteiger charge is -2.21. The lowest BCUT2D eigenvalue weighted by molar-refractivity contribution is -0.139. The lowest BCUT2D eigenvalue weighted by atomic mass is 10.2. The quantitative estimate of drug-likeness (QED) is 0.827. The molecule has 20 heavy (non-hydrogen) atoms. The third-order valence-corrected chi connectivity index (χ3v) is 5.28. The van der Waals surface area contributed by atoms with Gasteiger partial charge in [0.1, 0.15) is 11.8 Å². The zero-order chi connectivity index (χ0) is 14.3. The van der Waals surface area contributed by atoms with Gasteiger partial charge in [-0.05, 0) is 11.6 Å². The number of ether oxygens (including phenoxy) is 1. The van der Waals surface area contributed by atoms with E-state index in [-0.39, 0.29) is 11.4 Å². The van der Waals surface area contributed by atoms with E-state index in [2.05, 4.69) is 0 Å². The number of hydrogen-bond donors (Lipinski definition) is 1. The Hall–Kier alpha value is -1.86. The minimum Gasteiger partial charge on any atom is -0.493 e. The summed E-state index contributed by atoms with van der Waals surface area (Å²) >= 11 is 0. The molecule has 7 heteroatoms. The molecule has 1 aromatic rings. The van der Waals surface area contributed by atoms with Gasteiger partial charge in [-0.2, -0.15) is 4.31 Å². The summed E-state index contributed by atoms with van der Waals surface area (Å²) in [5.74, 6) is -0.621. The molecular formula is C13H13NO5S. The molecule has 1 atom stereocenters. The van der Waals surface area contributed by atoms with Crippen molar-refractivity contribution >= 4 is 16.0 Å². The van der Waals surface area contributed by atoms with Gasteiger partial charge in [0.15, 0.2) is 0 Å². The summed E-state index contributed by atoms with van der Waals surface area (Å²) in [7, 11) is -3.84. The number of benzene rings is 1. The second-order valence-electron chi connectivity index (χ2n) is 4.65. The van der Waals surface area contributed by atoms with E-state index in [0.717, 1.165) is 16.3 Å². The first-order valence-electron chi connectivity index (χ1n) is 6.17. The van der Waals surface area contributed by atoms with E-state index in [0.29, 0.717) is 12.4 Å². The van der Waals surface area contributed by atoms with Crippen LogP contribution in [0.15, 0.2) is 35.2 Å². The summed E-state index contributed by atoms with van der Waals surface area (Å²) < 4.78 is 31.4.